The number of rotatable bonds is 6. The van der Waals surface area contributed by atoms with Crippen LogP contribution >= 0.6 is 11.3 Å². The third-order valence-corrected chi connectivity index (χ3v) is 7.10. The number of nitrogens with zero attached hydrogens (tertiary/aromatic N) is 2. The second-order valence-corrected chi connectivity index (χ2v) is 9.07. The van der Waals surface area contributed by atoms with Crippen molar-refractivity contribution in [1.82, 2.24) is 9.88 Å². The van der Waals surface area contributed by atoms with E-state index in [0.29, 0.717) is 45.3 Å². The van der Waals surface area contributed by atoms with Crippen molar-refractivity contribution in [3.05, 3.63) is 41.0 Å². The minimum absolute atomic E-state index is 0.00233. The Morgan fingerprint density at radius 3 is 2.63 bits per heavy atom. The van der Waals surface area contributed by atoms with Crippen LogP contribution in [0.5, 0.6) is 0 Å². The summed E-state index contributed by atoms with van der Waals surface area (Å²) in [5, 5.41) is 10.1. The highest BCUT2D eigenvalue weighted by atomic mass is 32.1. The summed E-state index contributed by atoms with van der Waals surface area (Å²) in [6.07, 6.45) is 2.11. The lowest BCUT2D eigenvalue weighted by molar-refractivity contribution is -0.143. The minimum Gasteiger partial charge on any atom is -0.391 e. The number of amides is 1. The van der Waals surface area contributed by atoms with Crippen LogP contribution in [-0.4, -0.2) is 58.6 Å². The topological polar surface area (TPSA) is 79.7 Å². The molecule has 2 saturated heterocycles. The number of hydrogen-bond acceptors (Lipinski definition) is 6. The number of aryl methyl sites for hydroxylation is 2. The van der Waals surface area contributed by atoms with Crippen LogP contribution in [0, 0.1) is 12.8 Å². The number of aliphatic hydroxyl groups excluding tert-OH is 1. The van der Waals surface area contributed by atoms with Crippen molar-refractivity contribution in [3.63, 3.8) is 0 Å². The zero-order valence-corrected chi connectivity index (χ0v) is 18.1. The molecule has 1 N–H and O–H groups in total. The van der Waals surface area contributed by atoms with E-state index in [1.807, 2.05) is 12.4 Å². The summed E-state index contributed by atoms with van der Waals surface area (Å²) in [7, 11) is 0. The predicted octanol–water partition coefficient (Wildman–Crippen LogP) is 3.01. The van der Waals surface area contributed by atoms with Gasteiger partial charge < -0.3 is 14.7 Å². The summed E-state index contributed by atoms with van der Waals surface area (Å²) < 4.78 is 5.34. The molecule has 2 atom stereocenters. The molecule has 0 radical (unpaired) electrons. The van der Waals surface area contributed by atoms with Crippen molar-refractivity contribution in [1.29, 1.82) is 0 Å². The number of ketones is 1. The molecule has 3 heterocycles. The monoisotopic (exact) mass is 428 g/mol. The molecule has 7 heteroatoms. The van der Waals surface area contributed by atoms with Gasteiger partial charge in [-0.3, -0.25) is 9.59 Å². The van der Waals surface area contributed by atoms with Gasteiger partial charge in [-0.25, -0.2) is 4.98 Å². The lowest BCUT2D eigenvalue weighted by Crippen LogP contribution is -2.45. The van der Waals surface area contributed by atoms with Crippen molar-refractivity contribution < 1.29 is 19.4 Å². The van der Waals surface area contributed by atoms with E-state index in [0.717, 1.165) is 16.8 Å². The Bertz CT molecular complexity index is 889. The van der Waals surface area contributed by atoms with Gasteiger partial charge in [-0.1, -0.05) is 24.3 Å². The molecule has 0 spiro atoms. The largest absolute Gasteiger partial charge is 0.391 e. The highest BCUT2D eigenvalue weighted by Gasteiger charge is 2.40. The first-order chi connectivity index (χ1) is 14.5. The molecule has 160 valence electrons. The average Bonchev–Trinajstić information content (AvgIpc) is 3.38. The van der Waals surface area contributed by atoms with Crippen LogP contribution in [0.3, 0.4) is 0 Å². The first-order valence-electron chi connectivity index (χ1n) is 10.6. The van der Waals surface area contributed by atoms with Gasteiger partial charge in [0.05, 0.1) is 28.2 Å². The highest BCUT2D eigenvalue weighted by molar-refractivity contribution is 7.13. The predicted molar refractivity (Wildman–Crippen MR) is 115 cm³/mol. The molecule has 1 aromatic heterocycles. The number of aromatic nitrogens is 1. The molecule has 0 bridgehead atoms. The molecular weight excluding hydrogens is 400 g/mol. The van der Waals surface area contributed by atoms with E-state index in [1.165, 1.54) is 4.88 Å². The third-order valence-electron chi connectivity index (χ3n) is 6.13. The van der Waals surface area contributed by atoms with Gasteiger partial charge in [-0.05, 0) is 37.3 Å². The van der Waals surface area contributed by atoms with Gasteiger partial charge in [-0.2, -0.15) is 0 Å². The van der Waals surface area contributed by atoms with E-state index >= 15 is 0 Å². The Morgan fingerprint density at radius 2 is 1.97 bits per heavy atom. The van der Waals surface area contributed by atoms with Gasteiger partial charge in [0.1, 0.15) is 0 Å². The Hall–Kier alpha value is -2.09. The molecule has 0 aliphatic carbocycles. The van der Waals surface area contributed by atoms with Crippen LogP contribution in [-0.2, 0) is 20.7 Å². The molecule has 1 aromatic carbocycles. The summed E-state index contributed by atoms with van der Waals surface area (Å²) in [6.45, 7) is 3.43. The van der Waals surface area contributed by atoms with Gasteiger partial charge in [0.25, 0.3) is 0 Å². The summed E-state index contributed by atoms with van der Waals surface area (Å²) in [5.41, 5.74) is 5.10. The maximum Gasteiger partial charge on any atom is 0.226 e. The molecular formula is C23H28N2O4S. The van der Waals surface area contributed by atoms with Crippen LogP contribution in [0.15, 0.2) is 29.8 Å². The quantitative estimate of drug-likeness (QED) is 0.765. The molecule has 0 saturated carbocycles. The van der Waals surface area contributed by atoms with Gasteiger partial charge in [0.15, 0.2) is 5.78 Å². The van der Waals surface area contributed by atoms with Crippen molar-refractivity contribution >= 4 is 23.0 Å². The number of Topliss-reactive ketones (excluding diaryl/α,β-unsaturated/α-hetero) is 1. The van der Waals surface area contributed by atoms with E-state index in [-0.39, 0.29) is 24.2 Å². The van der Waals surface area contributed by atoms with Crippen LogP contribution in [0.1, 0.15) is 36.9 Å². The normalized spacial score (nSPS) is 22.4. The number of β-amino-alcohol motifs (C(OH)–C–C–N with tert-alkyl or cyclic N) is 1. The number of aliphatic hydroxyl groups is 1. The van der Waals surface area contributed by atoms with Crippen molar-refractivity contribution in [2.45, 2.75) is 51.2 Å². The summed E-state index contributed by atoms with van der Waals surface area (Å²) in [5.74, 6) is -0.0612. The van der Waals surface area contributed by atoms with Crippen molar-refractivity contribution in [2.24, 2.45) is 5.92 Å². The first-order valence-corrected chi connectivity index (χ1v) is 11.5. The molecule has 2 aliphatic rings. The van der Waals surface area contributed by atoms with E-state index in [9.17, 15) is 14.7 Å². The molecule has 1 amide bonds. The second kappa shape index (κ2) is 9.37. The molecule has 30 heavy (non-hydrogen) atoms. The molecule has 2 aromatic rings. The zero-order chi connectivity index (χ0) is 21.1. The number of carbonyl (C=O) groups is 2. The number of thiazole rings is 1. The number of carbonyl (C=O) groups excluding carboxylic acids is 2. The Kier molecular flexibility index (Phi) is 6.61. The third kappa shape index (κ3) is 4.63. The molecule has 0 unspecified atom stereocenters. The van der Waals surface area contributed by atoms with E-state index in [4.69, 9.17) is 4.74 Å². The van der Waals surface area contributed by atoms with Crippen LogP contribution in [0.4, 0.5) is 0 Å². The molecule has 6 nitrogen and oxygen atoms in total. The molecule has 2 aliphatic heterocycles. The number of ether oxygens (including phenoxy) is 1. The van der Waals surface area contributed by atoms with Gasteiger partial charge >= 0.3 is 0 Å². The Balaban J connectivity index is 1.36. The van der Waals surface area contributed by atoms with Crippen LogP contribution < -0.4 is 0 Å². The maximum atomic E-state index is 12.9. The Morgan fingerprint density at radius 1 is 1.23 bits per heavy atom. The number of benzene rings is 1. The fraction of sp³-hybridized carbons (Fsp3) is 0.522. The number of likely N-dealkylation sites (tertiary alicyclic amines) is 1. The molecule has 2 fully saturated rings. The Labute approximate surface area is 180 Å². The summed E-state index contributed by atoms with van der Waals surface area (Å²) >= 11 is 1.62. The number of hydrogen-bond donors (Lipinski definition) is 1. The lowest BCUT2D eigenvalue weighted by Gasteiger charge is -2.29. The SMILES string of the molecule is Cc1ncsc1-c1ccc(CCC(=O)[C@@H]2C[C@@H](O)CN2C(=O)C2CCOCC2)cc1. The van der Waals surface area contributed by atoms with Gasteiger partial charge in [-0.15, -0.1) is 11.3 Å². The maximum absolute atomic E-state index is 12.9. The lowest BCUT2D eigenvalue weighted by atomic mass is 9.96. The second-order valence-electron chi connectivity index (χ2n) is 8.21. The standard InChI is InChI=1S/C23H28N2O4S/c1-15-22(30-14-24-15)17-5-2-16(3-6-17)4-7-21(27)20-12-19(26)13-25(20)23(28)18-8-10-29-11-9-18/h2-3,5-6,14,18-20,26H,4,7-13H2,1H3/t19-,20+/m1/s1. The highest BCUT2D eigenvalue weighted by Crippen LogP contribution is 2.28. The molecule has 4 rings (SSSR count). The average molecular weight is 429 g/mol. The van der Waals surface area contributed by atoms with Gasteiger partial charge in [0, 0.05) is 38.5 Å². The van der Waals surface area contributed by atoms with Crippen LogP contribution in [0.2, 0.25) is 0 Å². The van der Waals surface area contributed by atoms with Crippen LogP contribution in [0.25, 0.3) is 10.4 Å². The van der Waals surface area contributed by atoms with Gasteiger partial charge in [0.2, 0.25) is 5.91 Å². The summed E-state index contributed by atoms with van der Waals surface area (Å²) in [4.78, 5) is 32.9. The zero-order valence-electron chi connectivity index (χ0n) is 17.3. The van der Waals surface area contributed by atoms with E-state index in [1.54, 1.807) is 16.2 Å². The van der Waals surface area contributed by atoms with E-state index in [2.05, 4.69) is 29.2 Å². The first kappa shape index (κ1) is 21.2. The van der Waals surface area contributed by atoms with Crippen molar-refractivity contribution in [2.75, 3.05) is 19.8 Å². The fourth-order valence-electron chi connectivity index (χ4n) is 4.38. The van der Waals surface area contributed by atoms with E-state index < -0.39 is 12.1 Å². The smallest absolute Gasteiger partial charge is 0.226 e. The van der Waals surface area contributed by atoms with Crippen molar-refractivity contribution in [3.8, 4) is 10.4 Å². The minimum atomic E-state index is -0.621. The summed E-state index contributed by atoms with van der Waals surface area (Å²) in [6, 6.07) is 7.74. The fourth-order valence-corrected chi connectivity index (χ4v) is 5.19.